The lowest BCUT2D eigenvalue weighted by Gasteiger charge is -2.16. The molecule has 0 aliphatic rings. The Balaban J connectivity index is 1.64. The number of amides is 1. The van der Waals surface area contributed by atoms with Gasteiger partial charge in [0.05, 0.1) is 33.7 Å². The van der Waals surface area contributed by atoms with E-state index >= 15 is 0 Å². The van der Waals surface area contributed by atoms with Gasteiger partial charge in [0.25, 0.3) is 0 Å². The fourth-order valence-electron chi connectivity index (χ4n) is 3.81. The minimum absolute atomic E-state index is 0.188. The Morgan fingerprint density at radius 3 is 1.74 bits per heavy atom. The normalized spacial score (nSPS) is 11.4. The molecule has 0 spiro atoms. The van der Waals surface area contributed by atoms with Gasteiger partial charge in [-0.1, -0.05) is 18.7 Å². The molecule has 39 heavy (non-hydrogen) atoms. The first-order chi connectivity index (χ1) is 19.0. The summed E-state index contributed by atoms with van der Waals surface area (Å²) >= 11 is 1.26. The van der Waals surface area contributed by atoms with Crippen LogP contribution in [0, 0.1) is 0 Å². The number of rotatable bonds is 11. The molecular weight excluding hydrogens is 516 g/mol. The molecule has 202 valence electrons. The van der Waals surface area contributed by atoms with E-state index < -0.39 is 5.25 Å². The smallest absolute Gasteiger partial charge is 0.237 e. The molecule has 0 saturated carbocycles. The van der Waals surface area contributed by atoms with Crippen molar-refractivity contribution >= 4 is 23.4 Å². The number of nitrogens with one attached hydrogen (secondary N) is 1. The second-order valence-corrected chi connectivity index (χ2v) is 9.52. The number of aromatic nitrogens is 3. The minimum Gasteiger partial charge on any atom is -0.497 e. The average Bonchev–Trinajstić information content (AvgIpc) is 2.99. The van der Waals surface area contributed by atoms with Crippen molar-refractivity contribution in [2.75, 3.05) is 33.8 Å². The Morgan fingerprint density at radius 2 is 1.26 bits per heavy atom. The van der Waals surface area contributed by atoms with Crippen molar-refractivity contribution in [2.24, 2.45) is 0 Å². The molecule has 3 aromatic carbocycles. The van der Waals surface area contributed by atoms with Crippen LogP contribution in [0.2, 0.25) is 0 Å². The Hall–Kier alpha value is -4.31. The molecule has 1 aromatic heterocycles. The predicted molar refractivity (Wildman–Crippen MR) is 152 cm³/mol. The van der Waals surface area contributed by atoms with E-state index in [1.54, 1.807) is 46.6 Å². The Bertz CT molecular complexity index is 1390. The standard InChI is InChI=1S/C29H30N4O5S/c1-6-25(28(34)30-20-15-23(37-4)17-24(16-20)38-5)39-29-31-26(18-7-11-21(35-2)12-8-18)27(32-33-29)19-9-13-22(36-3)14-10-19/h7-17,25H,6H2,1-5H3,(H,30,34). The first-order valence-corrected chi connectivity index (χ1v) is 13.1. The third-order valence-corrected chi connectivity index (χ3v) is 7.14. The third kappa shape index (κ3) is 6.77. The Kier molecular flexibility index (Phi) is 9.22. The lowest BCUT2D eigenvalue weighted by atomic mass is 10.0. The van der Waals surface area contributed by atoms with E-state index in [4.69, 9.17) is 23.9 Å². The lowest BCUT2D eigenvalue weighted by Crippen LogP contribution is -2.25. The van der Waals surface area contributed by atoms with Gasteiger partial charge in [-0.15, -0.1) is 10.2 Å². The van der Waals surface area contributed by atoms with Gasteiger partial charge >= 0.3 is 0 Å². The SMILES string of the molecule is CCC(Sc1nnc(-c2ccc(OC)cc2)c(-c2ccc(OC)cc2)n1)C(=O)Nc1cc(OC)cc(OC)c1. The summed E-state index contributed by atoms with van der Waals surface area (Å²) < 4.78 is 21.2. The molecule has 4 aromatic rings. The molecule has 0 aliphatic carbocycles. The molecular formula is C29H30N4O5S. The van der Waals surface area contributed by atoms with Gasteiger partial charge in [-0.05, 0) is 55.0 Å². The maximum atomic E-state index is 13.2. The first kappa shape index (κ1) is 27.7. The Labute approximate surface area is 231 Å². The first-order valence-electron chi connectivity index (χ1n) is 12.2. The topological polar surface area (TPSA) is 105 Å². The third-order valence-electron chi connectivity index (χ3n) is 5.92. The molecule has 9 nitrogen and oxygen atoms in total. The summed E-state index contributed by atoms with van der Waals surface area (Å²) in [5.74, 6) is 2.44. The molecule has 0 fully saturated rings. The summed E-state index contributed by atoms with van der Waals surface area (Å²) in [6.45, 7) is 1.94. The van der Waals surface area contributed by atoms with E-state index in [1.165, 1.54) is 11.8 Å². The maximum absolute atomic E-state index is 13.2. The summed E-state index contributed by atoms with van der Waals surface area (Å²) in [4.78, 5) is 18.1. The molecule has 10 heteroatoms. The van der Waals surface area contributed by atoms with Crippen molar-refractivity contribution in [2.45, 2.75) is 23.8 Å². The second-order valence-electron chi connectivity index (χ2n) is 8.35. The van der Waals surface area contributed by atoms with Crippen molar-refractivity contribution in [1.29, 1.82) is 0 Å². The molecule has 1 heterocycles. The molecule has 1 N–H and O–H groups in total. The number of hydrogen-bond donors (Lipinski definition) is 1. The van der Waals surface area contributed by atoms with Gasteiger partial charge in [-0.25, -0.2) is 4.98 Å². The van der Waals surface area contributed by atoms with Crippen molar-refractivity contribution in [3.63, 3.8) is 0 Å². The molecule has 0 aliphatic heterocycles. The molecule has 0 radical (unpaired) electrons. The summed E-state index contributed by atoms with van der Waals surface area (Å²) in [6, 6.07) is 20.3. The largest absolute Gasteiger partial charge is 0.497 e. The maximum Gasteiger partial charge on any atom is 0.237 e. The molecule has 1 unspecified atom stereocenters. The molecule has 1 atom stereocenters. The van der Waals surface area contributed by atoms with Gasteiger partial charge < -0.3 is 24.3 Å². The van der Waals surface area contributed by atoms with Crippen LogP contribution in [0.1, 0.15) is 13.3 Å². The van der Waals surface area contributed by atoms with Crippen LogP contribution < -0.4 is 24.3 Å². The van der Waals surface area contributed by atoms with E-state index in [9.17, 15) is 4.79 Å². The molecule has 0 saturated heterocycles. The fourth-order valence-corrected chi connectivity index (χ4v) is 4.63. The number of nitrogens with zero attached hydrogens (tertiary/aromatic N) is 3. The highest BCUT2D eigenvalue weighted by Crippen LogP contribution is 2.33. The van der Waals surface area contributed by atoms with E-state index in [1.807, 2.05) is 55.5 Å². The van der Waals surface area contributed by atoms with Gasteiger partial charge in [0, 0.05) is 35.0 Å². The van der Waals surface area contributed by atoms with E-state index in [-0.39, 0.29) is 5.91 Å². The number of hydrogen-bond acceptors (Lipinski definition) is 9. The van der Waals surface area contributed by atoms with Gasteiger partial charge in [0.2, 0.25) is 11.1 Å². The van der Waals surface area contributed by atoms with Crippen molar-refractivity contribution in [3.05, 3.63) is 66.7 Å². The number of carbonyl (C=O) groups is 1. The van der Waals surface area contributed by atoms with Crippen LogP contribution in [0.3, 0.4) is 0 Å². The number of methoxy groups -OCH3 is 4. The van der Waals surface area contributed by atoms with E-state index in [0.29, 0.717) is 40.2 Å². The number of anilines is 1. The summed E-state index contributed by atoms with van der Waals surface area (Å²) in [5.41, 5.74) is 3.53. The van der Waals surface area contributed by atoms with Gasteiger partial charge in [0.1, 0.15) is 34.4 Å². The van der Waals surface area contributed by atoms with Crippen LogP contribution in [-0.4, -0.2) is 54.8 Å². The highest BCUT2D eigenvalue weighted by atomic mass is 32.2. The van der Waals surface area contributed by atoms with Crippen LogP contribution >= 0.6 is 11.8 Å². The minimum atomic E-state index is -0.459. The van der Waals surface area contributed by atoms with Gasteiger partial charge in [-0.3, -0.25) is 4.79 Å². The van der Waals surface area contributed by atoms with Crippen LogP contribution in [0.5, 0.6) is 23.0 Å². The number of benzene rings is 3. The highest BCUT2D eigenvalue weighted by Gasteiger charge is 2.22. The van der Waals surface area contributed by atoms with Crippen LogP contribution in [0.4, 0.5) is 5.69 Å². The monoisotopic (exact) mass is 546 g/mol. The highest BCUT2D eigenvalue weighted by molar-refractivity contribution is 8.00. The van der Waals surface area contributed by atoms with E-state index in [2.05, 4.69) is 15.5 Å². The fraction of sp³-hybridized carbons (Fsp3) is 0.241. The predicted octanol–water partition coefficient (Wildman–Crippen LogP) is 5.75. The number of thioether (sulfide) groups is 1. The van der Waals surface area contributed by atoms with Gasteiger partial charge in [0.15, 0.2) is 0 Å². The zero-order chi connectivity index (χ0) is 27.8. The summed E-state index contributed by atoms with van der Waals surface area (Å²) in [5, 5.41) is 11.8. The zero-order valence-electron chi connectivity index (χ0n) is 22.4. The van der Waals surface area contributed by atoms with Gasteiger partial charge in [-0.2, -0.15) is 0 Å². The van der Waals surface area contributed by atoms with Crippen molar-refractivity contribution in [1.82, 2.24) is 15.2 Å². The van der Waals surface area contributed by atoms with Crippen LogP contribution in [0.15, 0.2) is 71.9 Å². The number of carbonyl (C=O) groups excluding carboxylic acids is 1. The number of ether oxygens (including phenoxy) is 4. The van der Waals surface area contributed by atoms with Crippen molar-refractivity contribution < 1.29 is 23.7 Å². The summed E-state index contributed by atoms with van der Waals surface area (Å²) in [6.07, 6.45) is 0.555. The average molecular weight is 547 g/mol. The molecule has 4 rings (SSSR count). The van der Waals surface area contributed by atoms with E-state index in [0.717, 1.165) is 22.6 Å². The lowest BCUT2D eigenvalue weighted by molar-refractivity contribution is -0.115. The van der Waals surface area contributed by atoms with Crippen LogP contribution in [0.25, 0.3) is 22.5 Å². The second kappa shape index (κ2) is 13.0. The molecule has 0 bridgehead atoms. The van der Waals surface area contributed by atoms with Crippen molar-refractivity contribution in [3.8, 4) is 45.5 Å². The quantitative estimate of drug-likeness (QED) is 0.235. The molecule has 1 amide bonds. The van der Waals surface area contributed by atoms with Crippen LogP contribution in [-0.2, 0) is 4.79 Å². The zero-order valence-corrected chi connectivity index (χ0v) is 23.2. The Morgan fingerprint density at radius 1 is 0.744 bits per heavy atom. The summed E-state index contributed by atoms with van der Waals surface area (Å²) in [7, 11) is 6.36.